The topological polar surface area (TPSA) is 146 Å². The zero-order valence-corrected chi connectivity index (χ0v) is 10.6. The molecular formula is C12H13NO8. The number of carbonyl (C=O) groups is 2. The van der Waals surface area contributed by atoms with Gasteiger partial charge < -0.3 is 29.9 Å². The third-order valence-electron chi connectivity index (χ3n) is 2.95. The number of pyridine rings is 1. The van der Waals surface area contributed by atoms with E-state index in [9.17, 15) is 24.9 Å². The van der Waals surface area contributed by atoms with Gasteiger partial charge in [0, 0.05) is 12.4 Å². The van der Waals surface area contributed by atoms with Gasteiger partial charge in [-0.2, -0.15) is 0 Å². The number of carboxylic acids is 1. The van der Waals surface area contributed by atoms with Gasteiger partial charge in [0.05, 0.1) is 5.56 Å². The lowest BCUT2D eigenvalue weighted by Gasteiger charge is -2.37. The van der Waals surface area contributed by atoms with Crippen LogP contribution in [0.3, 0.4) is 0 Å². The van der Waals surface area contributed by atoms with Gasteiger partial charge in [-0.15, -0.1) is 0 Å². The zero-order valence-electron chi connectivity index (χ0n) is 10.6. The Labute approximate surface area is 118 Å². The number of hydrogen-bond acceptors (Lipinski definition) is 8. The lowest BCUT2D eigenvalue weighted by molar-refractivity contribution is -0.278. The van der Waals surface area contributed by atoms with E-state index in [0.29, 0.717) is 0 Å². The second-order valence-corrected chi connectivity index (χ2v) is 4.38. The van der Waals surface area contributed by atoms with Crippen LogP contribution >= 0.6 is 0 Å². The molecule has 1 saturated heterocycles. The summed E-state index contributed by atoms with van der Waals surface area (Å²) in [5.41, 5.74) is 0.105. The molecule has 5 atom stereocenters. The van der Waals surface area contributed by atoms with Crippen LogP contribution in [-0.2, 0) is 14.3 Å². The molecule has 0 aromatic carbocycles. The van der Waals surface area contributed by atoms with Gasteiger partial charge in [0.1, 0.15) is 18.3 Å². The maximum Gasteiger partial charge on any atom is 0.340 e. The van der Waals surface area contributed by atoms with Crippen LogP contribution in [0.4, 0.5) is 0 Å². The van der Waals surface area contributed by atoms with Crippen LogP contribution in [0.2, 0.25) is 0 Å². The van der Waals surface area contributed by atoms with Crippen LogP contribution in [0.5, 0.6) is 0 Å². The minimum atomic E-state index is -1.84. The van der Waals surface area contributed by atoms with Crippen molar-refractivity contribution in [3.05, 3.63) is 30.1 Å². The van der Waals surface area contributed by atoms with Gasteiger partial charge in [-0.25, -0.2) is 9.59 Å². The van der Waals surface area contributed by atoms with Crippen molar-refractivity contribution in [3.8, 4) is 0 Å². The Morgan fingerprint density at radius 1 is 1.10 bits per heavy atom. The average Bonchev–Trinajstić information content (AvgIpc) is 2.48. The smallest absolute Gasteiger partial charge is 0.340 e. The van der Waals surface area contributed by atoms with Crippen LogP contribution in [-0.4, -0.2) is 68.1 Å². The summed E-state index contributed by atoms with van der Waals surface area (Å²) in [6.45, 7) is 0. The number of ether oxygens (including phenoxy) is 2. The Balaban J connectivity index is 2.11. The van der Waals surface area contributed by atoms with Crippen LogP contribution < -0.4 is 0 Å². The number of nitrogens with zero attached hydrogens (tertiary/aromatic N) is 1. The SMILES string of the molecule is O=C(OC1O[C@H](C(=O)O)[C@@H](O)[C@H](O)[C@H]1O)c1ccncc1. The summed E-state index contributed by atoms with van der Waals surface area (Å²) in [6.07, 6.45) is -6.30. The minimum absolute atomic E-state index is 0.105. The van der Waals surface area contributed by atoms with Gasteiger partial charge in [0.15, 0.2) is 6.10 Å². The fraction of sp³-hybridized carbons (Fsp3) is 0.417. The molecule has 1 fully saturated rings. The van der Waals surface area contributed by atoms with Crippen LogP contribution in [0, 0.1) is 0 Å². The number of esters is 1. The van der Waals surface area contributed by atoms with Crippen molar-refractivity contribution in [2.45, 2.75) is 30.7 Å². The standard InChI is InChI=1S/C12H13NO8/c14-6-7(15)9(10(17)18)20-12(8(6)16)21-11(19)5-1-3-13-4-2-5/h1-4,6-9,12,14-16H,(H,17,18)/t6-,7-,8+,9-,12?/m0/s1. The molecule has 0 aliphatic carbocycles. The molecule has 4 N–H and O–H groups in total. The third kappa shape index (κ3) is 3.16. The molecule has 0 radical (unpaired) electrons. The molecule has 1 aromatic rings. The van der Waals surface area contributed by atoms with Crippen LogP contribution in [0.1, 0.15) is 10.4 Å². The zero-order chi connectivity index (χ0) is 15.6. The van der Waals surface area contributed by atoms with Crippen LogP contribution in [0.25, 0.3) is 0 Å². The number of carboxylic acid groups (broad SMARTS) is 1. The van der Waals surface area contributed by atoms with Gasteiger partial charge in [0.25, 0.3) is 0 Å². The first-order valence-corrected chi connectivity index (χ1v) is 5.95. The summed E-state index contributed by atoms with van der Waals surface area (Å²) in [6, 6.07) is 2.69. The number of aliphatic hydroxyl groups excluding tert-OH is 3. The van der Waals surface area contributed by atoms with Crippen molar-refractivity contribution in [1.82, 2.24) is 4.98 Å². The Kier molecular flexibility index (Phi) is 4.48. The molecule has 114 valence electrons. The second kappa shape index (κ2) is 6.14. The largest absolute Gasteiger partial charge is 0.479 e. The summed E-state index contributed by atoms with van der Waals surface area (Å²) < 4.78 is 9.63. The predicted molar refractivity (Wildman–Crippen MR) is 64.0 cm³/mol. The minimum Gasteiger partial charge on any atom is -0.479 e. The molecular weight excluding hydrogens is 286 g/mol. The fourth-order valence-corrected chi connectivity index (χ4v) is 1.81. The number of aliphatic hydroxyl groups is 3. The molecule has 0 bridgehead atoms. The van der Waals surface area contributed by atoms with E-state index in [4.69, 9.17) is 14.6 Å². The van der Waals surface area contributed by atoms with Crippen molar-refractivity contribution < 1.29 is 39.5 Å². The molecule has 2 rings (SSSR count). The Bertz CT molecular complexity index is 521. The summed E-state index contributed by atoms with van der Waals surface area (Å²) in [4.78, 5) is 26.4. The average molecular weight is 299 g/mol. The van der Waals surface area contributed by atoms with Crippen LogP contribution in [0.15, 0.2) is 24.5 Å². The molecule has 9 heteroatoms. The van der Waals surface area contributed by atoms with Crippen molar-refractivity contribution in [2.24, 2.45) is 0 Å². The first kappa shape index (κ1) is 15.3. The normalized spacial score (nSPS) is 32.4. The van der Waals surface area contributed by atoms with Gasteiger partial charge in [0.2, 0.25) is 6.29 Å². The van der Waals surface area contributed by atoms with E-state index in [1.54, 1.807) is 0 Å². The molecule has 1 unspecified atom stereocenters. The Hall–Kier alpha value is -2.07. The van der Waals surface area contributed by atoms with E-state index in [0.717, 1.165) is 0 Å². The summed E-state index contributed by atoms with van der Waals surface area (Å²) >= 11 is 0. The number of carbonyl (C=O) groups excluding carboxylic acids is 1. The maximum absolute atomic E-state index is 11.8. The van der Waals surface area contributed by atoms with E-state index in [1.807, 2.05) is 0 Å². The van der Waals surface area contributed by atoms with Gasteiger partial charge in [-0.3, -0.25) is 4.98 Å². The summed E-state index contributed by atoms with van der Waals surface area (Å²) in [7, 11) is 0. The Morgan fingerprint density at radius 3 is 2.29 bits per heavy atom. The van der Waals surface area contributed by atoms with Crippen molar-refractivity contribution in [1.29, 1.82) is 0 Å². The Morgan fingerprint density at radius 2 is 1.71 bits per heavy atom. The highest BCUT2D eigenvalue weighted by molar-refractivity contribution is 5.89. The van der Waals surface area contributed by atoms with Crippen molar-refractivity contribution in [3.63, 3.8) is 0 Å². The van der Waals surface area contributed by atoms with Gasteiger partial charge >= 0.3 is 11.9 Å². The van der Waals surface area contributed by atoms with E-state index in [1.165, 1.54) is 24.5 Å². The lowest BCUT2D eigenvalue weighted by atomic mass is 9.99. The number of aromatic nitrogens is 1. The summed E-state index contributed by atoms with van der Waals surface area (Å²) in [5, 5.41) is 37.6. The van der Waals surface area contributed by atoms with E-state index in [-0.39, 0.29) is 5.56 Å². The van der Waals surface area contributed by atoms with Gasteiger partial charge in [-0.1, -0.05) is 0 Å². The van der Waals surface area contributed by atoms with E-state index in [2.05, 4.69) is 4.98 Å². The highest BCUT2D eigenvalue weighted by Crippen LogP contribution is 2.23. The highest BCUT2D eigenvalue weighted by atomic mass is 16.7. The lowest BCUT2D eigenvalue weighted by Crippen LogP contribution is -2.60. The maximum atomic E-state index is 11.8. The highest BCUT2D eigenvalue weighted by Gasteiger charge is 2.48. The van der Waals surface area contributed by atoms with Gasteiger partial charge in [-0.05, 0) is 12.1 Å². The number of hydrogen-bond donors (Lipinski definition) is 4. The molecule has 0 amide bonds. The third-order valence-corrected chi connectivity index (χ3v) is 2.95. The van der Waals surface area contributed by atoms with E-state index >= 15 is 0 Å². The van der Waals surface area contributed by atoms with E-state index < -0.39 is 42.6 Å². The number of aliphatic carboxylic acids is 1. The van der Waals surface area contributed by atoms with Crippen molar-refractivity contribution >= 4 is 11.9 Å². The molecule has 0 saturated carbocycles. The molecule has 0 spiro atoms. The molecule has 9 nitrogen and oxygen atoms in total. The molecule has 2 heterocycles. The molecule has 1 aliphatic heterocycles. The number of rotatable bonds is 3. The fourth-order valence-electron chi connectivity index (χ4n) is 1.81. The predicted octanol–water partition coefficient (Wildman–Crippen LogP) is -1.87. The molecule has 21 heavy (non-hydrogen) atoms. The summed E-state index contributed by atoms with van der Waals surface area (Å²) in [5.74, 6) is -2.45. The molecule has 1 aliphatic rings. The molecule has 1 aromatic heterocycles. The first-order valence-electron chi connectivity index (χ1n) is 5.95. The van der Waals surface area contributed by atoms with Crippen molar-refractivity contribution in [2.75, 3.05) is 0 Å². The monoisotopic (exact) mass is 299 g/mol. The second-order valence-electron chi connectivity index (χ2n) is 4.38. The first-order chi connectivity index (χ1) is 9.91. The quantitative estimate of drug-likeness (QED) is 0.471.